The summed E-state index contributed by atoms with van der Waals surface area (Å²) in [4.78, 5) is 4.00. The summed E-state index contributed by atoms with van der Waals surface area (Å²) in [5, 5.41) is 0. The predicted octanol–water partition coefficient (Wildman–Crippen LogP) is 3.22. The summed E-state index contributed by atoms with van der Waals surface area (Å²) in [5.41, 5.74) is 0. The van der Waals surface area contributed by atoms with Gasteiger partial charge in [0.05, 0.1) is 11.6 Å². The molecule has 26 heavy (non-hydrogen) atoms. The molecule has 1 aliphatic heterocycles. The third-order valence-electron chi connectivity index (χ3n) is 4.15. The number of benzene rings is 1. The van der Waals surface area contributed by atoms with Gasteiger partial charge in [-0.05, 0) is 59.1 Å². The lowest BCUT2D eigenvalue weighted by molar-refractivity contribution is 0.129. The van der Waals surface area contributed by atoms with E-state index in [1.54, 1.807) is 12.3 Å². The zero-order valence-corrected chi connectivity index (χ0v) is 16.5. The summed E-state index contributed by atoms with van der Waals surface area (Å²) < 4.78 is 52.3. The minimum Gasteiger partial charge on any atom is -0.495 e. The second-order valence-corrected chi connectivity index (χ2v) is 8.57. The molecular formula is C17H18BrFN2O4S. The maximum Gasteiger partial charge on any atom is 0.246 e. The molecule has 6 nitrogen and oxygen atoms in total. The van der Waals surface area contributed by atoms with E-state index in [0.29, 0.717) is 18.7 Å². The van der Waals surface area contributed by atoms with Crippen LogP contribution in [0.25, 0.3) is 0 Å². The molecule has 0 unspecified atom stereocenters. The molecule has 0 N–H and O–H groups in total. The van der Waals surface area contributed by atoms with Crippen molar-refractivity contribution in [2.45, 2.75) is 23.8 Å². The van der Waals surface area contributed by atoms with Crippen LogP contribution in [0.5, 0.6) is 11.6 Å². The molecule has 0 amide bonds. The van der Waals surface area contributed by atoms with Crippen LogP contribution in [-0.2, 0) is 10.0 Å². The minimum absolute atomic E-state index is 0.127. The van der Waals surface area contributed by atoms with Gasteiger partial charge in [-0.3, -0.25) is 0 Å². The molecule has 140 valence electrons. The van der Waals surface area contributed by atoms with Crippen molar-refractivity contribution in [2.24, 2.45) is 0 Å². The molecule has 0 spiro atoms. The quantitative estimate of drug-likeness (QED) is 0.707. The van der Waals surface area contributed by atoms with Crippen molar-refractivity contribution < 1.29 is 22.3 Å². The Labute approximate surface area is 160 Å². The number of halogens is 2. The van der Waals surface area contributed by atoms with Crippen LogP contribution >= 0.6 is 15.9 Å². The van der Waals surface area contributed by atoms with E-state index in [1.807, 2.05) is 6.07 Å². The summed E-state index contributed by atoms with van der Waals surface area (Å²) in [7, 11) is -2.49. The van der Waals surface area contributed by atoms with Crippen LogP contribution in [0.4, 0.5) is 4.39 Å². The average Bonchev–Trinajstić information content (AvgIpc) is 2.64. The molecule has 0 radical (unpaired) electrons. The Kier molecular flexibility index (Phi) is 5.79. The van der Waals surface area contributed by atoms with Crippen molar-refractivity contribution in [1.82, 2.24) is 9.29 Å². The highest BCUT2D eigenvalue weighted by molar-refractivity contribution is 9.10. The highest BCUT2D eigenvalue weighted by atomic mass is 79.9. The number of aromatic nitrogens is 1. The highest BCUT2D eigenvalue weighted by Crippen LogP contribution is 2.30. The van der Waals surface area contributed by atoms with Gasteiger partial charge < -0.3 is 9.47 Å². The predicted molar refractivity (Wildman–Crippen MR) is 97.3 cm³/mol. The van der Waals surface area contributed by atoms with E-state index >= 15 is 0 Å². The number of hydrogen-bond donors (Lipinski definition) is 0. The molecule has 2 heterocycles. The first-order chi connectivity index (χ1) is 12.4. The van der Waals surface area contributed by atoms with Gasteiger partial charge in [0.25, 0.3) is 0 Å². The van der Waals surface area contributed by atoms with E-state index in [4.69, 9.17) is 9.47 Å². The fraction of sp³-hybridized carbons (Fsp3) is 0.353. The highest BCUT2D eigenvalue weighted by Gasteiger charge is 2.32. The first-order valence-corrected chi connectivity index (χ1v) is 10.3. The Morgan fingerprint density at radius 1 is 1.27 bits per heavy atom. The Morgan fingerprint density at radius 3 is 2.65 bits per heavy atom. The Bertz CT molecular complexity index is 886. The number of piperidine rings is 1. The molecule has 0 bridgehead atoms. The minimum atomic E-state index is -3.84. The zero-order chi connectivity index (χ0) is 18.7. The first kappa shape index (κ1) is 19.1. The molecule has 1 saturated heterocycles. The van der Waals surface area contributed by atoms with Crippen LogP contribution < -0.4 is 9.47 Å². The van der Waals surface area contributed by atoms with Gasteiger partial charge in [0.1, 0.15) is 22.6 Å². The largest absolute Gasteiger partial charge is 0.495 e. The fourth-order valence-corrected chi connectivity index (χ4v) is 4.78. The monoisotopic (exact) mass is 444 g/mol. The SMILES string of the molecule is COc1ccc(F)cc1S(=O)(=O)N1CCC(Oc2ncccc2Br)CC1. The summed E-state index contributed by atoms with van der Waals surface area (Å²) in [5.74, 6) is -0.00890. The second kappa shape index (κ2) is 7.89. The maximum atomic E-state index is 13.6. The van der Waals surface area contributed by atoms with Gasteiger partial charge in [-0.1, -0.05) is 0 Å². The van der Waals surface area contributed by atoms with Crippen molar-refractivity contribution in [3.63, 3.8) is 0 Å². The van der Waals surface area contributed by atoms with Gasteiger partial charge in [0.15, 0.2) is 0 Å². The number of hydrogen-bond acceptors (Lipinski definition) is 5. The number of methoxy groups -OCH3 is 1. The van der Waals surface area contributed by atoms with Gasteiger partial charge in [0, 0.05) is 19.3 Å². The van der Waals surface area contributed by atoms with Crippen molar-refractivity contribution in [3.8, 4) is 11.6 Å². The van der Waals surface area contributed by atoms with Gasteiger partial charge in [0.2, 0.25) is 15.9 Å². The van der Waals surface area contributed by atoms with Crippen molar-refractivity contribution in [3.05, 3.63) is 46.8 Å². The lowest BCUT2D eigenvalue weighted by Crippen LogP contribution is -2.41. The van der Waals surface area contributed by atoms with E-state index in [1.165, 1.54) is 23.5 Å². The Balaban J connectivity index is 1.71. The molecule has 1 aromatic heterocycles. The number of ether oxygens (including phenoxy) is 2. The molecule has 3 rings (SSSR count). The van der Waals surface area contributed by atoms with Gasteiger partial charge in [-0.25, -0.2) is 17.8 Å². The number of pyridine rings is 1. The molecule has 0 saturated carbocycles. The third kappa shape index (κ3) is 3.99. The van der Waals surface area contributed by atoms with E-state index in [2.05, 4.69) is 20.9 Å². The van der Waals surface area contributed by atoms with Crippen molar-refractivity contribution in [1.29, 1.82) is 0 Å². The zero-order valence-electron chi connectivity index (χ0n) is 14.1. The van der Waals surface area contributed by atoms with Crippen molar-refractivity contribution >= 4 is 26.0 Å². The van der Waals surface area contributed by atoms with Crippen molar-refractivity contribution in [2.75, 3.05) is 20.2 Å². The Hall–Kier alpha value is -1.71. The molecule has 9 heteroatoms. The lowest BCUT2D eigenvalue weighted by atomic mass is 10.1. The molecule has 0 aliphatic carbocycles. The number of nitrogens with zero attached hydrogens (tertiary/aromatic N) is 2. The Morgan fingerprint density at radius 2 is 2.00 bits per heavy atom. The standard InChI is InChI=1S/C17H18BrFN2O4S/c1-24-15-5-4-12(19)11-16(15)26(22,23)21-9-6-13(7-10-21)25-17-14(18)3-2-8-20-17/h2-5,8,11,13H,6-7,9-10H2,1H3. The maximum absolute atomic E-state index is 13.6. The smallest absolute Gasteiger partial charge is 0.246 e. The van der Waals surface area contributed by atoms with Crippen LogP contribution in [-0.4, -0.2) is 44.0 Å². The summed E-state index contributed by atoms with van der Waals surface area (Å²) >= 11 is 3.38. The van der Waals surface area contributed by atoms with Crippen LogP contribution in [0, 0.1) is 5.82 Å². The average molecular weight is 445 g/mol. The van der Waals surface area contributed by atoms with E-state index in [-0.39, 0.29) is 29.8 Å². The van der Waals surface area contributed by atoms with Gasteiger partial charge in [-0.2, -0.15) is 4.31 Å². The normalized spacial score (nSPS) is 16.4. The molecule has 1 fully saturated rings. The summed E-state index contributed by atoms with van der Waals surface area (Å²) in [6.45, 7) is 0.550. The number of sulfonamides is 1. The molecule has 0 atom stereocenters. The second-order valence-electron chi connectivity index (χ2n) is 5.81. The topological polar surface area (TPSA) is 68.7 Å². The van der Waals surface area contributed by atoms with E-state index < -0.39 is 15.8 Å². The number of rotatable bonds is 5. The van der Waals surface area contributed by atoms with Gasteiger partial charge in [-0.15, -0.1) is 0 Å². The molecule has 1 aromatic carbocycles. The van der Waals surface area contributed by atoms with Crippen LogP contribution in [0.1, 0.15) is 12.8 Å². The lowest BCUT2D eigenvalue weighted by Gasteiger charge is -2.31. The fourth-order valence-electron chi connectivity index (χ4n) is 2.80. The van der Waals surface area contributed by atoms with Crippen LogP contribution in [0.3, 0.4) is 0 Å². The first-order valence-electron chi connectivity index (χ1n) is 8.02. The third-order valence-corrected chi connectivity index (χ3v) is 6.67. The van der Waals surface area contributed by atoms with Crippen LogP contribution in [0.2, 0.25) is 0 Å². The van der Waals surface area contributed by atoms with Crippen LogP contribution in [0.15, 0.2) is 45.9 Å². The molecule has 1 aliphatic rings. The van der Waals surface area contributed by atoms with Gasteiger partial charge >= 0.3 is 0 Å². The van der Waals surface area contributed by atoms with E-state index in [9.17, 15) is 12.8 Å². The summed E-state index contributed by atoms with van der Waals surface area (Å²) in [6, 6.07) is 7.09. The summed E-state index contributed by atoms with van der Waals surface area (Å²) in [6.07, 6.45) is 2.53. The molecular weight excluding hydrogens is 427 g/mol. The molecule has 2 aromatic rings. The van der Waals surface area contributed by atoms with E-state index in [0.717, 1.165) is 10.5 Å².